The smallest absolute Gasteiger partial charge is 0.151 e. The molecule has 5 aromatic rings. The average Bonchev–Trinajstić information content (AvgIpc) is 3.54. The number of fused-ring (bicyclic) bond motifs is 3. The predicted molar refractivity (Wildman–Crippen MR) is 161 cm³/mol. The minimum absolute atomic E-state index is 0.523. The van der Waals surface area contributed by atoms with Crippen LogP contribution in [0.1, 0.15) is 36.8 Å². The molecule has 6 rings (SSSR count). The summed E-state index contributed by atoms with van der Waals surface area (Å²) in [6.07, 6.45) is 5.25. The summed E-state index contributed by atoms with van der Waals surface area (Å²) in [4.78, 5) is 18.9. The average molecular weight is 532 g/mol. The Bertz CT molecular complexity index is 1440. The van der Waals surface area contributed by atoms with Gasteiger partial charge in [0.25, 0.3) is 0 Å². The third kappa shape index (κ3) is 4.63. The summed E-state index contributed by atoms with van der Waals surface area (Å²) in [5.74, 6) is 1.03. The van der Waals surface area contributed by atoms with Gasteiger partial charge in [0.2, 0.25) is 0 Å². The fraction of sp³-hybridized carbons (Fsp3) is 0.176. The van der Waals surface area contributed by atoms with Crippen molar-refractivity contribution in [3.63, 3.8) is 0 Å². The van der Waals surface area contributed by atoms with E-state index in [-0.39, 0.29) is 0 Å². The number of carbonyl (C=O) groups is 1. The van der Waals surface area contributed by atoms with Crippen LogP contribution >= 0.6 is 23.1 Å². The number of aromatic nitrogens is 1. The molecule has 1 aromatic heterocycles. The van der Waals surface area contributed by atoms with Gasteiger partial charge in [-0.2, -0.15) is 0 Å². The van der Waals surface area contributed by atoms with Crippen LogP contribution in [0.25, 0.3) is 32.8 Å². The fourth-order valence-corrected chi connectivity index (χ4v) is 7.84. The first-order chi connectivity index (χ1) is 18.8. The van der Waals surface area contributed by atoms with E-state index in [1.807, 2.05) is 17.8 Å². The summed E-state index contributed by atoms with van der Waals surface area (Å²) >= 11 is 3.63. The minimum atomic E-state index is -0.523. The molecule has 0 radical (unpaired) electrons. The Balaban J connectivity index is 1.11. The van der Waals surface area contributed by atoms with Crippen LogP contribution in [0.2, 0.25) is 0 Å². The molecule has 0 saturated heterocycles. The second kappa shape index (κ2) is 11.1. The van der Waals surface area contributed by atoms with E-state index in [0.717, 1.165) is 58.2 Å². The number of benzene rings is 4. The number of carbonyl (C=O) groups excluding carboxylic acids is 1. The highest BCUT2D eigenvalue weighted by molar-refractivity contribution is 8.01. The van der Waals surface area contributed by atoms with Crippen molar-refractivity contribution in [1.82, 2.24) is 4.98 Å². The zero-order chi connectivity index (χ0) is 25.8. The van der Waals surface area contributed by atoms with E-state index in [1.165, 1.54) is 27.9 Å². The molecule has 0 atom stereocenters. The Hall–Kier alpha value is -3.47. The van der Waals surface area contributed by atoms with Crippen LogP contribution in [0, 0.1) is 0 Å². The van der Waals surface area contributed by atoms with Crippen molar-refractivity contribution in [2.75, 3.05) is 5.75 Å². The van der Waals surface area contributed by atoms with Crippen LogP contribution in [0.5, 0.6) is 0 Å². The van der Waals surface area contributed by atoms with E-state index < -0.39 is 5.41 Å². The Morgan fingerprint density at radius 3 is 1.89 bits per heavy atom. The van der Waals surface area contributed by atoms with Crippen molar-refractivity contribution in [2.24, 2.45) is 0 Å². The second-order valence-corrected chi connectivity index (χ2v) is 12.1. The lowest BCUT2D eigenvalue weighted by atomic mass is 9.75. The van der Waals surface area contributed by atoms with E-state index >= 15 is 0 Å². The minimum Gasteiger partial charge on any atom is -0.302 e. The zero-order valence-corrected chi connectivity index (χ0v) is 22.8. The molecule has 0 aliphatic heterocycles. The van der Waals surface area contributed by atoms with E-state index in [4.69, 9.17) is 4.98 Å². The number of thiazole rings is 1. The summed E-state index contributed by atoms with van der Waals surface area (Å²) in [5.41, 5.74) is 7.65. The Kier molecular flexibility index (Phi) is 7.26. The van der Waals surface area contributed by atoms with Gasteiger partial charge in [-0.05, 0) is 40.7 Å². The van der Waals surface area contributed by atoms with Crippen LogP contribution < -0.4 is 0 Å². The molecule has 1 heterocycles. The van der Waals surface area contributed by atoms with Crippen LogP contribution in [0.15, 0.2) is 114 Å². The Labute approximate surface area is 232 Å². The van der Waals surface area contributed by atoms with Crippen molar-refractivity contribution in [3.8, 4) is 32.8 Å². The molecule has 4 heteroatoms. The van der Waals surface area contributed by atoms with Gasteiger partial charge in [-0.3, -0.25) is 0 Å². The summed E-state index contributed by atoms with van der Waals surface area (Å²) < 4.78 is 1.12. The van der Waals surface area contributed by atoms with E-state index in [9.17, 15) is 4.79 Å². The van der Waals surface area contributed by atoms with Crippen LogP contribution in [-0.2, 0) is 10.2 Å². The number of hydrogen-bond donors (Lipinski definition) is 0. The van der Waals surface area contributed by atoms with Crippen LogP contribution in [0.4, 0.5) is 0 Å². The van der Waals surface area contributed by atoms with Crippen LogP contribution in [-0.4, -0.2) is 17.0 Å². The van der Waals surface area contributed by atoms with E-state index in [1.54, 1.807) is 11.3 Å². The SMILES string of the molecule is O=CC1(CCCCCSc2nc(-c3ccccc3)c(-c3ccccc3)s2)c2ccccc2-c2ccccc21. The first kappa shape index (κ1) is 24.8. The molecule has 4 aromatic carbocycles. The quantitative estimate of drug-likeness (QED) is 0.102. The van der Waals surface area contributed by atoms with Gasteiger partial charge >= 0.3 is 0 Å². The van der Waals surface area contributed by atoms with Crippen molar-refractivity contribution < 1.29 is 4.79 Å². The maximum Gasteiger partial charge on any atom is 0.151 e. The third-order valence-corrected chi connectivity index (χ3v) is 9.77. The summed E-state index contributed by atoms with van der Waals surface area (Å²) in [6, 6.07) is 37.8. The standard InChI is InChI=1S/C34H29NOS2/c36-24-34(29-20-10-8-18-27(29)28-19-9-11-21-30(28)34)22-12-3-13-23-37-33-35-31(25-14-4-1-5-15-25)32(38-33)26-16-6-2-7-17-26/h1-2,4-11,14-21,24H,3,12-13,22-23H2. The number of nitrogens with zero attached hydrogens (tertiary/aromatic N) is 1. The van der Waals surface area contributed by atoms with E-state index in [2.05, 4.69) is 103 Å². The van der Waals surface area contributed by atoms with Gasteiger partial charge in [-0.15, -0.1) is 11.3 Å². The predicted octanol–water partition coefficient (Wildman–Crippen LogP) is 9.30. The fourth-order valence-electron chi connectivity index (χ4n) is 5.60. The number of rotatable bonds is 10. The van der Waals surface area contributed by atoms with Gasteiger partial charge in [0.15, 0.2) is 4.34 Å². The molecule has 38 heavy (non-hydrogen) atoms. The second-order valence-electron chi connectivity index (χ2n) is 9.73. The molecule has 1 aliphatic rings. The molecule has 0 spiro atoms. The largest absolute Gasteiger partial charge is 0.302 e. The van der Waals surface area contributed by atoms with Crippen molar-refractivity contribution >= 4 is 29.4 Å². The highest BCUT2D eigenvalue weighted by Gasteiger charge is 2.42. The topological polar surface area (TPSA) is 30.0 Å². The lowest BCUT2D eigenvalue weighted by Gasteiger charge is -2.25. The Morgan fingerprint density at radius 2 is 1.26 bits per heavy atom. The van der Waals surface area contributed by atoms with Gasteiger partial charge in [0, 0.05) is 11.3 Å². The summed E-state index contributed by atoms with van der Waals surface area (Å²) in [5, 5.41) is 0. The van der Waals surface area contributed by atoms with Gasteiger partial charge in [-0.1, -0.05) is 134 Å². The van der Waals surface area contributed by atoms with Crippen molar-refractivity contribution in [1.29, 1.82) is 0 Å². The van der Waals surface area contributed by atoms with Crippen molar-refractivity contribution in [3.05, 3.63) is 120 Å². The number of thioether (sulfide) groups is 1. The summed E-state index contributed by atoms with van der Waals surface area (Å²) in [6.45, 7) is 0. The molecule has 0 bridgehead atoms. The van der Waals surface area contributed by atoms with Crippen molar-refractivity contribution in [2.45, 2.75) is 35.4 Å². The highest BCUT2D eigenvalue weighted by atomic mass is 32.2. The van der Waals surface area contributed by atoms with Crippen LogP contribution in [0.3, 0.4) is 0 Å². The molecule has 188 valence electrons. The summed E-state index contributed by atoms with van der Waals surface area (Å²) in [7, 11) is 0. The lowest BCUT2D eigenvalue weighted by Crippen LogP contribution is -2.27. The lowest BCUT2D eigenvalue weighted by molar-refractivity contribution is -0.111. The molecule has 0 saturated carbocycles. The first-order valence-electron chi connectivity index (χ1n) is 13.2. The van der Waals surface area contributed by atoms with E-state index in [0.29, 0.717) is 0 Å². The van der Waals surface area contributed by atoms with Gasteiger partial charge in [0.05, 0.1) is 16.0 Å². The number of hydrogen-bond acceptors (Lipinski definition) is 4. The molecule has 0 amide bonds. The van der Waals surface area contributed by atoms with Gasteiger partial charge in [0.1, 0.15) is 6.29 Å². The maximum atomic E-state index is 12.6. The zero-order valence-electron chi connectivity index (χ0n) is 21.2. The number of aldehydes is 1. The monoisotopic (exact) mass is 531 g/mol. The molecule has 0 fully saturated rings. The highest BCUT2D eigenvalue weighted by Crippen LogP contribution is 2.50. The van der Waals surface area contributed by atoms with Gasteiger partial charge < -0.3 is 4.79 Å². The molecule has 0 N–H and O–H groups in total. The number of unbranched alkanes of at least 4 members (excludes halogenated alkanes) is 2. The molecular formula is C34H29NOS2. The molecular weight excluding hydrogens is 503 g/mol. The Morgan fingerprint density at radius 1 is 0.684 bits per heavy atom. The first-order valence-corrected chi connectivity index (χ1v) is 15.0. The van der Waals surface area contributed by atoms with Gasteiger partial charge in [-0.25, -0.2) is 4.98 Å². The normalized spacial score (nSPS) is 13.2. The maximum absolute atomic E-state index is 12.6. The third-order valence-electron chi connectivity index (χ3n) is 7.44. The molecule has 1 aliphatic carbocycles. The molecule has 0 unspecified atom stereocenters. The molecule has 2 nitrogen and oxygen atoms in total.